The van der Waals surface area contributed by atoms with Gasteiger partial charge in [-0.05, 0) is 18.6 Å². The van der Waals surface area contributed by atoms with Crippen molar-refractivity contribution in [3.8, 4) is 17.1 Å². The molecule has 1 atom stereocenters. The van der Waals surface area contributed by atoms with E-state index in [9.17, 15) is 9.90 Å². The fourth-order valence-electron chi connectivity index (χ4n) is 3.24. The zero-order chi connectivity index (χ0) is 19.0. The number of fused-ring (bicyclic) bond motifs is 1. The maximum absolute atomic E-state index is 11.5. The molecule has 3 aromatic rings. The van der Waals surface area contributed by atoms with Crippen molar-refractivity contribution >= 4 is 22.7 Å². The molecule has 4 rings (SSSR count). The van der Waals surface area contributed by atoms with Gasteiger partial charge in [0.2, 0.25) is 0 Å². The number of aromatic nitrogens is 4. The average molecular weight is 366 g/mol. The molecule has 1 aliphatic rings. The van der Waals surface area contributed by atoms with E-state index >= 15 is 0 Å². The molecule has 0 aliphatic carbocycles. The molecule has 0 aromatic carbocycles. The van der Waals surface area contributed by atoms with Gasteiger partial charge in [0.05, 0.1) is 30.4 Å². The van der Waals surface area contributed by atoms with Crippen LogP contribution in [0.5, 0.6) is 5.75 Å². The number of aliphatic carboxylic acids is 1. The Morgan fingerprint density at radius 2 is 2.04 bits per heavy atom. The third-order valence-corrected chi connectivity index (χ3v) is 4.74. The van der Waals surface area contributed by atoms with Gasteiger partial charge in [0.15, 0.2) is 5.82 Å². The van der Waals surface area contributed by atoms with Crippen LogP contribution in [0.3, 0.4) is 0 Å². The zero-order valence-corrected chi connectivity index (χ0v) is 14.7. The number of rotatable bonds is 4. The van der Waals surface area contributed by atoms with Gasteiger partial charge in [-0.2, -0.15) is 0 Å². The summed E-state index contributed by atoms with van der Waals surface area (Å²) in [5.41, 5.74) is 6.15. The number of hydrogen-bond donors (Lipinski definition) is 2. The quantitative estimate of drug-likeness (QED) is 0.697. The molecule has 1 saturated heterocycles. The van der Waals surface area contributed by atoms with Crippen LogP contribution in [0.15, 0.2) is 36.9 Å². The summed E-state index contributed by atoms with van der Waals surface area (Å²) >= 11 is 0. The maximum Gasteiger partial charge on any atom is 0.325 e. The predicted octanol–water partition coefficient (Wildman–Crippen LogP) is 1.09. The van der Waals surface area contributed by atoms with Crippen molar-refractivity contribution in [2.75, 3.05) is 25.1 Å². The SMILES string of the molecule is COc1cncc2nc(-c3ccncc3)nc(N3CCC(N)(C(=O)O)C3)c12. The van der Waals surface area contributed by atoms with E-state index in [2.05, 4.69) is 15.0 Å². The summed E-state index contributed by atoms with van der Waals surface area (Å²) < 4.78 is 5.45. The summed E-state index contributed by atoms with van der Waals surface area (Å²) in [5, 5.41) is 10.1. The number of hydrogen-bond acceptors (Lipinski definition) is 8. The second kappa shape index (κ2) is 6.44. The Labute approximate surface area is 154 Å². The number of carboxylic acid groups (broad SMARTS) is 1. The highest BCUT2D eigenvalue weighted by Crippen LogP contribution is 2.36. The Balaban J connectivity index is 1.91. The summed E-state index contributed by atoms with van der Waals surface area (Å²) in [6.07, 6.45) is 6.88. The fourth-order valence-corrected chi connectivity index (χ4v) is 3.24. The Morgan fingerprint density at radius 1 is 1.26 bits per heavy atom. The Hall–Kier alpha value is -3.33. The number of carbonyl (C=O) groups is 1. The van der Waals surface area contributed by atoms with Crippen LogP contribution in [-0.2, 0) is 4.79 Å². The highest BCUT2D eigenvalue weighted by Gasteiger charge is 2.42. The number of carboxylic acids is 1. The molecule has 9 heteroatoms. The van der Waals surface area contributed by atoms with Crippen molar-refractivity contribution in [1.29, 1.82) is 0 Å². The first-order valence-electron chi connectivity index (χ1n) is 8.39. The van der Waals surface area contributed by atoms with Crippen LogP contribution in [0.4, 0.5) is 5.82 Å². The van der Waals surface area contributed by atoms with Crippen molar-refractivity contribution in [3.05, 3.63) is 36.9 Å². The molecule has 0 spiro atoms. The number of nitrogens with zero attached hydrogens (tertiary/aromatic N) is 5. The predicted molar refractivity (Wildman–Crippen MR) is 98.5 cm³/mol. The van der Waals surface area contributed by atoms with E-state index in [1.54, 1.807) is 31.9 Å². The molecule has 9 nitrogen and oxygen atoms in total. The minimum Gasteiger partial charge on any atom is -0.494 e. The second-order valence-corrected chi connectivity index (χ2v) is 6.48. The molecular weight excluding hydrogens is 348 g/mol. The van der Waals surface area contributed by atoms with Crippen molar-refractivity contribution < 1.29 is 14.6 Å². The van der Waals surface area contributed by atoms with Gasteiger partial charge in [-0.1, -0.05) is 0 Å². The third-order valence-electron chi connectivity index (χ3n) is 4.74. The van der Waals surface area contributed by atoms with Gasteiger partial charge in [-0.15, -0.1) is 0 Å². The Kier molecular flexibility index (Phi) is 4.08. The monoisotopic (exact) mass is 366 g/mol. The standard InChI is InChI=1S/C18H18N6O3/c1-27-13-9-21-8-12-14(13)16(24-7-4-18(19,10-24)17(25)26)23-15(22-12)11-2-5-20-6-3-11/h2-3,5-6,8-9H,4,7,10,19H2,1H3,(H,25,26). The maximum atomic E-state index is 11.5. The Bertz CT molecular complexity index is 1010. The van der Waals surface area contributed by atoms with E-state index in [4.69, 9.17) is 15.5 Å². The van der Waals surface area contributed by atoms with Gasteiger partial charge in [0.25, 0.3) is 0 Å². The van der Waals surface area contributed by atoms with Crippen molar-refractivity contribution in [3.63, 3.8) is 0 Å². The van der Waals surface area contributed by atoms with Gasteiger partial charge in [0.1, 0.15) is 17.1 Å². The smallest absolute Gasteiger partial charge is 0.325 e. The number of nitrogens with two attached hydrogens (primary N) is 1. The lowest BCUT2D eigenvalue weighted by molar-refractivity contribution is -0.142. The van der Waals surface area contributed by atoms with Crippen LogP contribution < -0.4 is 15.4 Å². The van der Waals surface area contributed by atoms with Crippen LogP contribution in [0.1, 0.15) is 6.42 Å². The molecule has 27 heavy (non-hydrogen) atoms. The molecule has 0 bridgehead atoms. The lowest BCUT2D eigenvalue weighted by Crippen LogP contribution is -2.50. The molecule has 0 amide bonds. The first-order valence-corrected chi connectivity index (χ1v) is 8.39. The number of methoxy groups -OCH3 is 1. The van der Waals surface area contributed by atoms with Crippen LogP contribution in [0.2, 0.25) is 0 Å². The van der Waals surface area contributed by atoms with Crippen LogP contribution in [0.25, 0.3) is 22.3 Å². The first-order chi connectivity index (χ1) is 13.0. The number of pyridine rings is 2. The first kappa shape index (κ1) is 17.1. The summed E-state index contributed by atoms with van der Waals surface area (Å²) in [4.78, 5) is 30.9. The second-order valence-electron chi connectivity index (χ2n) is 6.48. The summed E-state index contributed by atoms with van der Waals surface area (Å²) in [6.45, 7) is 0.617. The normalized spacial score (nSPS) is 19.4. The molecular formula is C18H18N6O3. The molecule has 0 saturated carbocycles. The molecule has 3 N–H and O–H groups in total. The van der Waals surface area contributed by atoms with Gasteiger partial charge < -0.3 is 20.5 Å². The van der Waals surface area contributed by atoms with E-state index in [0.717, 1.165) is 5.56 Å². The summed E-state index contributed by atoms with van der Waals surface area (Å²) in [6, 6.07) is 3.63. The number of ether oxygens (including phenoxy) is 1. The molecule has 3 aromatic heterocycles. The van der Waals surface area contributed by atoms with E-state index in [1.165, 1.54) is 0 Å². The van der Waals surface area contributed by atoms with Crippen molar-refractivity contribution in [1.82, 2.24) is 19.9 Å². The van der Waals surface area contributed by atoms with Crippen LogP contribution >= 0.6 is 0 Å². The van der Waals surface area contributed by atoms with Gasteiger partial charge in [-0.3, -0.25) is 14.8 Å². The summed E-state index contributed by atoms with van der Waals surface area (Å²) in [7, 11) is 1.55. The van der Waals surface area contributed by atoms with Gasteiger partial charge in [0, 0.05) is 31.0 Å². The van der Waals surface area contributed by atoms with E-state index in [1.807, 2.05) is 17.0 Å². The summed E-state index contributed by atoms with van der Waals surface area (Å²) in [5.74, 6) is 0.583. The highest BCUT2D eigenvalue weighted by molar-refractivity contribution is 5.96. The number of anilines is 1. The molecule has 1 aliphatic heterocycles. The van der Waals surface area contributed by atoms with E-state index in [-0.39, 0.29) is 6.54 Å². The van der Waals surface area contributed by atoms with Crippen LogP contribution in [0, 0.1) is 0 Å². The molecule has 0 radical (unpaired) electrons. The third kappa shape index (κ3) is 2.91. The topological polar surface area (TPSA) is 127 Å². The molecule has 1 unspecified atom stereocenters. The average Bonchev–Trinajstić information content (AvgIpc) is 3.11. The largest absolute Gasteiger partial charge is 0.494 e. The van der Waals surface area contributed by atoms with Gasteiger partial charge >= 0.3 is 5.97 Å². The van der Waals surface area contributed by atoms with Crippen molar-refractivity contribution in [2.45, 2.75) is 12.0 Å². The molecule has 138 valence electrons. The minimum absolute atomic E-state index is 0.149. The van der Waals surface area contributed by atoms with E-state index in [0.29, 0.717) is 41.3 Å². The fraction of sp³-hybridized carbons (Fsp3) is 0.278. The zero-order valence-electron chi connectivity index (χ0n) is 14.7. The Morgan fingerprint density at radius 3 is 2.70 bits per heavy atom. The van der Waals surface area contributed by atoms with Crippen molar-refractivity contribution in [2.24, 2.45) is 5.73 Å². The molecule has 1 fully saturated rings. The lowest BCUT2D eigenvalue weighted by Gasteiger charge is -2.23. The highest BCUT2D eigenvalue weighted by atomic mass is 16.5. The lowest BCUT2D eigenvalue weighted by atomic mass is 10.0. The van der Waals surface area contributed by atoms with Crippen LogP contribution in [-0.4, -0.2) is 56.7 Å². The van der Waals surface area contributed by atoms with E-state index < -0.39 is 11.5 Å². The molecule has 4 heterocycles. The van der Waals surface area contributed by atoms with Gasteiger partial charge in [-0.25, -0.2) is 9.97 Å². The minimum atomic E-state index is -1.31.